The second kappa shape index (κ2) is 7.33. The predicted molar refractivity (Wildman–Crippen MR) is 73.2 cm³/mol. The number of benzene rings is 1. The van der Waals surface area contributed by atoms with Gasteiger partial charge in [-0.25, -0.2) is 0 Å². The number of rotatable bonds is 7. The summed E-state index contributed by atoms with van der Waals surface area (Å²) in [4.78, 5) is 2.42. The second-order valence-electron chi connectivity index (χ2n) is 4.90. The van der Waals surface area contributed by atoms with Crippen molar-refractivity contribution < 1.29 is 5.11 Å². The Balaban J connectivity index is 2.57. The summed E-state index contributed by atoms with van der Waals surface area (Å²) in [6, 6.07) is 8.14. The van der Waals surface area contributed by atoms with Gasteiger partial charge in [-0.1, -0.05) is 38.0 Å². The highest BCUT2D eigenvalue weighted by Gasteiger charge is 2.11. The molecular formula is C15H25NO. The fraction of sp³-hybridized carbons (Fsp3) is 0.600. The second-order valence-corrected chi connectivity index (χ2v) is 4.90. The van der Waals surface area contributed by atoms with E-state index in [1.165, 1.54) is 19.3 Å². The SMILES string of the molecule is CCCCCN(Cc1ccccc1O)C(C)C. The lowest BCUT2D eigenvalue weighted by molar-refractivity contribution is 0.206. The van der Waals surface area contributed by atoms with Gasteiger partial charge in [-0.3, -0.25) is 4.90 Å². The van der Waals surface area contributed by atoms with E-state index in [1.54, 1.807) is 6.07 Å². The summed E-state index contributed by atoms with van der Waals surface area (Å²) in [6.45, 7) is 8.61. The molecule has 0 bridgehead atoms. The van der Waals surface area contributed by atoms with Crippen LogP contribution in [0.25, 0.3) is 0 Å². The smallest absolute Gasteiger partial charge is 0.120 e. The number of phenolic OH excluding ortho intramolecular Hbond substituents is 1. The molecule has 0 saturated heterocycles. The topological polar surface area (TPSA) is 23.5 Å². The summed E-state index contributed by atoms with van der Waals surface area (Å²) in [5.74, 6) is 0.411. The Bertz CT molecular complexity index is 322. The van der Waals surface area contributed by atoms with Gasteiger partial charge in [0.1, 0.15) is 5.75 Å². The first-order valence-corrected chi connectivity index (χ1v) is 6.66. The summed E-state index contributed by atoms with van der Waals surface area (Å²) in [7, 11) is 0. The average Bonchev–Trinajstić information content (AvgIpc) is 2.30. The molecule has 0 heterocycles. The Hall–Kier alpha value is -1.02. The van der Waals surface area contributed by atoms with Crippen LogP contribution >= 0.6 is 0 Å². The normalized spacial score (nSPS) is 11.4. The summed E-state index contributed by atoms with van der Waals surface area (Å²) < 4.78 is 0. The van der Waals surface area contributed by atoms with E-state index >= 15 is 0 Å². The fourth-order valence-electron chi connectivity index (χ4n) is 1.95. The molecule has 0 aliphatic heterocycles. The molecule has 0 atom stereocenters. The van der Waals surface area contributed by atoms with Crippen LogP contribution in [0.2, 0.25) is 0 Å². The van der Waals surface area contributed by atoms with E-state index in [-0.39, 0.29) is 0 Å². The number of hydrogen-bond donors (Lipinski definition) is 1. The van der Waals surface area contributed by atoms with Crippen LogP contribution in [0.4, 0.5) is 0 Å². The Morgan fingerprint density at radius 1 is 1.18 bits per heavy atom. The first-order valence-electron chi connectivity index (χ1n) is 6.66. The minimum absolute atomic E-state index is 0.411. The molecule has 17 heavy (non-hydrogen) atoms. The third-order valence-corrected chi connectivity index (χ3v) is 3.14. The molecule has 0 radical (unpaired) electrons. The summed E-state index contributed by atoms with van der Waals surface area (Å²) in [5, 5.41) is 9.79. The molecule has 0 spiro atoms. The van der Waals surface area contributed by atoms with Crippen molar-refractivity contribution in [3.05, 3.63) is 29.8 Å². The molecule has 96 valence electrons. The lowest BCUT2D eigenvalue weighted by atomic mass is 10.1. The standard InChI is InChI=1S/C15H25NO/c1-4-5-8-11-16(13(2)3)12-14-9-6-7-10-15(14)17/h6-7,9-10,13,17H,4-5,8,11-12H2,1-3H3. The molecule has 0 aromatic heterocycles. The predicted octanol–water partition coefficient (Wildman–Crippen LogP) is 3.79. The van der Waals surface area contributed by atoms with Gasteiger partial charge in [0.2, 0.25) is 0 Å². The molecule has 0 aliphatic carbocycles. The number of aromatic hydroxyl groups is 1. The van der Waals surface area contributed by atoms with Crippen LogP contribution < -0.4 is 0 Å². The highest BCUT2D eigenvalue weighted by atomic mass is 16.3. The molecule has 2 nitrogen and oxygen atoms in total. The Morgan fingerprint density at radius 2 is 1.88 bits per heavy atom. The first-order chi connectivity index (χ1) is 8.15. The van der Waals surface area contributed by atoms with Crippen molar-refractivity contribution in [3.8, 4) is 5.75 Å². The van der Waals surface area contributed by atoms with Gasteiger partial charge < -0.3 is 5.11 Å². The maximum atomic E-state index is 9.79. The van der Waals surface area contributed by atoms with Gasteiger partial charge >= 0.3 is 0 Å². The van der Waals surface area contributed by atoms with Crippen LogP contribution in [-0.4, -0.2) is 22.6 Å². The van der Waals surface area contributed by atoms with Crippen molar-refractivity contribution in [3.63, 3.8) is 0 Å². The van der Waals surface area contributed by atoms with Gasteiger partial charge in [0.25, 0.3) is 0 Å². The fourth-order valence-corrected chi connectivity index (χ4v) is 1.95. The summed E-state index contributed by atoms with van der Waals surface area (Å²) in [6.07, 6.45) is 3.77. The molecule has 1 aromatic rings. The van der Waals surface area contributed by atoms with Crippen LogP contribution in [0.15, 0.2) is 24.3 Å². The molecule has 0 unspecified atom stereocenters. The van der Waals surface area contributed by atoms with Gasteiger partial charge in [0, 0.05) is 18.2 Å². The number of nitrogens with zero attached hydrogens (tertiary/aromatic N) is 1. The van der Waals surface area contributed by atoms with Gasteiger partial charge in [-0.15, -0.1) is 0 Å². The Morgan fingerprint density at radius 3 is 2.47 bits per heavy atom. The van der Waals surface area contributed by atoms with Crippen LogP contribution in [0.5, 0.6) is 5.75 Å². The molecule has 0 fully saturated rings. The summed E-state index contributed by atoms with van der Waals surface area (Å²) >= 11 is 0. The zero-order valence-corrected chi connectivity index (χ0v) is 11.3. The lowest BCUT2D eigenvalue weighted by Crippen LogP contribution is -2.31. The number of phenols is 1. The molecular weight excluding hydrogens is 210 g/mol. The minimum Gasteiger partial charge on any atom is -0.508 e. The zero-order valence-electron chi connectivity index (χ0n) is 11.3. The van der Waals surface area contributed by atoms with Crippen molar-refractivity contribution >= 4 is 0 Å². The van der Waals surface area contributed by atoms with E-state index in [1.807, 2.05) is 18.2 Å². The maximum absolute atomic E-state index is 9.79. The Kier molecular flexibility index (Phi) is 6.06. The first kappa shape index (κ1) is 14.0. The van der Waals surface area contributed by atoms with E-state index in [4.69, 9.17) is 0 Å². The molecule has 1 N–H and O–H groups in total. The largest absolute Gasteiger partial charge is 0.508 e. The molecule has 0 saturated carbocycles. The van der Waals surface area contributed by atoms with Gasteiger partial charge in [-0.05, 0) is 32.9 Å². The zero-order chi connectivity index (χ0) is 12.7. The van der Waals surface area contributed by atoms with Crippen LogP contribution in [-0.2, 0) is 6.54 Å². The van der Waals surface area contributed by atoms with Crippen LogP contribution in [0.3, 0.4) is 0 Å². The van der Waals surface area contributed by atoms with E-state index in [2.05, 4.69) is 25.7 Å². The van der Waals surface area contributed by atoms with Crippen LogP contribution in [0, 0.1) is 0 Å². The minimum atomic E-state index is 0.411. The molecule has 1 rings (SSSR count). The van der Waals surface area contributed by atoms with Crippen molar-refractivity contribution in [2.45, 2.75) is 52.6 Å². The molecule has 1 aromatic carbocycles. The van der Waals surface area contributed by atoms with Gasteiger partial charge in [-0.2, -0.15) is 0 Å². The molecule has 2 heteroatoms. The summed E-state index contributed by atoms with van der Waals surface area (Å²) in [5.41, 5.74) is 1.03. The van der Waals surface area contributed by atoms with E-state index in [0.717, 1.165) is 18.7 Å². The molecule has 0 amide bonds. The highest BCUT2D eigenvalue weighted by molar-refractivity contribution is 5.31. The number of para-hydroxylation sites is 1. The van der Waals surface area contributed by atoms with Crippen molar-refractivity contribution in [1.29, 1.82) is 0 Å². The van der Waals surface area contributed by atoms with Crippen LogP contribution in [0.1, 0.15) is 45.6 Å². The van der Waals surface area contributed by atoms with Crippen molar-refractivity contribution in [2.75, 3.05) is 6.54 Å². The lowest BCUT2D eigenvalue weighted by Gasteiger charge is -2.26. The van der Waals surface area contributed by atoms with Crippen molar-refractivity contribution in [2.24, 2.45) is 0 Å². The average molecular weight is 235 g/mol. The van der Waals surface area contributed by atoms with Gasteiger partial charge in [0.15, 0.2) is 0 Å². The quantitative estimate of drug-likeness (QED) is 0.727. The number of hydrogen-bond acceptors (Lipinski definition) is 2. The van der Waals surface area contributed by atoms with Crippen molar-refractivity contribution in [1.82, 2.24) is 4.90 Å². The monoisotopic (exact) mass is 235 g/mol. The van der Waals surface area contributed by atoms with Gasteiger partial charge in [0.05, 0.1) is 0 Å². The number of unbranched alkanes of at least 4 members (excludes halogenated alkanes) is 2. The Labute approximate surface area is 105 Å². The third-order valence-electron chi connectivity index (χ3n) is 3.14. The van der Waals surface area contributed by atoms with E-state index in [9.17, 15) is 5.11 Å². The van der Waals surface area contributed by atoms with E-state index < -0.39 is 0 Å². The highest BCUT2D eigenvalue weighted by Crippen LogP contribution is 2.19. The molecule has 0 aliphatic rings. The third kappa shape index (κ3) is 4.78. The maximum Gasteiger partial charge on any atom is 0.120 e. The van der Waals surface area contributed by atoms with E-state index in [0.29, 0.717) is 11.8 Å².